The Labute approximate surface area is 129 Å². The lowest BCUT2D eigenvalue weighted by molar-refractivity contribution is 0.0371. The van der Waals surface area contributed by atoms with Crippen LogP contribution in [0.5, 0.6) is 0 Å². The fraction of sp³-hybridized carbons (Fsp3) is 0.357. The van der Waals surface area contributed by atoms with E-state index in [4.69, 9.17) is 16.3 Å². The molecule has 0 bridgehead atoms. The highest BCUT2D eigenvalue weighted by Gasteiger charge is 2.43. The number of hydrogen-bond donors (Lipinski definition) is 0. The molecule has 1 aromatic carbocycles. The van der Waals surface area contributed by atoms with Crippen molar-refractivity contribution in [2.75, 3.05) is 6.54 Å². The predicted octanol–water partition coefficient (Wildman–Crippen LogP) is 2.43. The first-order chi connectivity index (χ1) is 9.75. The van der Waals surface area contributed by atoms with Crippen molar-refractivity contribution in [3.8, 4) is 0 Å². The normalized spacial score (nSPS) is 21.7. The van der Waals surface area contributed by atoms with Crippen molar-refractivity contribution >= 4 is 27.6 Å². The molecule has 0 aliphatic carbocycles. The molecule has 1 aliphatic rings. The van der Waals surface area contributed by atoms with Crippen LogP contribution >= 0.6 is 11.6 Å². The summed E-state index contributed by atoms with van der Waals surface area (Å²) in [5.41, 5.74) is 0.201. The minimum absolute atomic E-state index is 0.0784. The lowest BCUT2D eigenvalue weighted by atomic mass is 10.2. The number of benzene rings is 1. The molecular formula is C14H16ClNO4S. The molecule has 0 saturated carbocycles. The third-order valence-corrected chi connectivity index (χ3v) is 5.71. The predicted molar refractivity (Wildman–Crippen MR) is 80.6 cm³/mol. The van der Waals surface area contributed by atoms with E-state index in [1.807, 2.05) is 0 Å². The number of hydrogen-bond acceptors (Lipinski definition) is 4. The first-order valence-corrected chi connectivity index (χ1v) is 8.23. The number of carbonyl (C=O) groups excluding carboxylic acids is 1. The SMILES string of the molecule is C=C1[C@@H](OC(=O)c2ccccc2Cl)CN(C(C)C)S1(=O)=O. The highest BCUT2D eigenvalue weighted by molar-refractivity contribution is 7.93. The molecule has 2 rings (SSSR count). The number of sulfonamides is 1. The van der Waals surface area contributed by atoms with Gasteiger partial charge in [-0.2, -0.15) is 4.31 Å². The van der Waals surface area contributed by atoms with Gasteiger partial charge in [-0.05, 0) is 26.0 Å². The van der Waals surface area contributed by atoms with Crippen LogP contribution in [-0.4, -0.2) is 37.4 Å². The van der Waals surface area contributed by atoms with Crippen molar-refractivity contribution in [1.29, 1.82) is 0 Å². The van der Waals surface area contributed by atoms with E-state index in [0.29, 0.717) is 0 Å². The molecule has 1 saturated heterocycles. The Morgan fingerprint density at radius 3 is 2.57 bits per heavy atom. The number of halogens is 1. The minimum atomic E-state index is -3.62. The van der Waals surface area contributed by atoms with Crippen LogP contribution in [0.25, 0.3) is 0 Å². The van der Waals surface area contributed by atoms with E-state index in [-0.39, 0.29) is 28.1 Å². The Morgan fingerprint density at radius 1 is 1.43 bits per heavy atom. The number of ether oxygens (including phenoxy) is 1. The first-order valence-electron chi connectivity index (χ1n) is 6.41. The maximum Gasteiger partial charge on any atom is 0.340 e. The molecule has 21 heavy (non-hydrogen) atoms. The molecule has 7 heteroatoms. The quantitative estimate of drug-likeness (QED) is 0.799. The van der Waals surface area contributed by atoms with E-state index in [1.54, 1.807) is 32.0 Å². The van der Waals surface area contributed by atoms with Gasteiger partial charge in [0.25, 0.3) is 0 Å². The fourth-order valence-corrected chi connectivity index (χ4v) is 3.95. The van der Waals surface area contributed by atoms with E-state index in [9.17, 15) is 13.2 Å². The summed E-state index contributed by atoms with van der Waals surface area (Å²) in [5, 5.41) is 0.259. The van der Waals surface area contributed by atoms with Gasteiger partial charge in [-0.25, -0.2) is 13.2 Å². The van der Waals surface area contributed by atoms with Crippen LogP contribution in [-0.2, 0) is 14.8 Å². The van der Waals surface area contributed by atoms with Crippen molar-refractivity contribution in [1.82, 2.24) is 4.31 Å². The smallest absolute Gasteiger partial charge is 0.340 e. The average Bonchev–Trinajstić information content (AvgIpc) is 2.63. The Bertz CT molecular complexity index is 684. The Hall–Kier alpha value is -1.37. The van der Waals surface area contributed by atoms with Gasteiger partial charge in [-0.1, -0.05) is 30.3 Å². The topological polar surface area (TPSA) is 63.7 Å². The maximum absolute atomic E-state index is 12.1. The standard InChI is InChI=1S/C14H16ClNO4S/c1-9(2)16-8-13(10(3)21(16,18)19)20-14(17)11-6-4-5-7-12(11)15/h4-7,9,13H,3,8H2,1-2H3/t13-/m0/s1. The largest absolute Gasteiger partial charge is 0.452 e. The minimum Gasteiger partial charge on any atom is -0.452 e. The van der Waals surface area contributed by atoms with Crippen LogP contribution in [0.15, 0.2) is 35.7 Å². The average molecular weight is 330 g/mol. The van der Waals surface area contributed by atoms with Crippen molar-refractivity contribution in [3.63, 3.8) is 0 Å². The summed E-state index contributed by atoms with van der Waals surface area (Å²) in [4.78, 5) is 12.0. The summed E-state index contributed by atoms with van der Waals surface area (Å²) in [6.45, 7) is 7.13. The van der Waals surface area contributed by atoms with Gasteiger partial charge in [0.2, 0.25) is 10.0 Å². The first kappa shape index (κ1) is 16.0. The Kier molecular flexibility index (Phi) is 4.41. The monoisotopic (exact) mass is 329 g/mol. The van der Waals surface area contributed by atoms with Crippen LogP contribution in [0.4, 0.5) is 0 Å². The number of nitrogens with zero attached hydrogens (tertiary/aromatic N) is 1. The molecule has 114 valence electrons. The number of rotatable bonds is 3. The lowest BCUT2D eigenvalue weighted by Crippen LogP contribution is -2.33. The summed E-state index contributed by atoms with van der Waals surface area (Å²) in [6.07, 6.45) is -0.888. The zero-order valence-electron chi connectivity index (χ0n) is 11.7. The highest BCUT2D eigenvalue weighted by atomic mass is 35.5. The molecule has 0 aromatic heterocycles. The molecule has 0 spiro atoms. The Balaban J connectivity index is 2.20. The van der Waals surface area contributed by atoms with Gasteiger partial charge < -0.3 is 4.74 Å². The van der Waals surface area contributed by atoms with E-state index in [2.05, 4.69) is 6.58 Å². The summed E-state index contributed by atoms with van der Waals surface area (Å²) in [7, 11) is -3.62. The molecule has 1 aliphatic heterocycles. The third-order valence-electron chi connectivity index (χ3n) is 3.26. The molecule has 1 fully saturated rings. The van der Waals surface area contributed by atoms with Gasteiger partial charge in [0.1, 0.15) is 0 Å². The molecule has 1 aromatic rings. The molecule has 5 nitrogen and oxygen atoms in total. The van der Waals surface area contributed by atoms with Gasteiger partial charge in [0, 0.05) is 6.04 Å². The van der Waals surface area contributed by atoms with Gasteiger partial charge in [-0.15, -0.1) is 0 Å². The molecule has 0 N–H and O–H groups in total. The van der Waals surface area contributed by atoms with Crippen LogP contribution in [0, 0.1) is 0 Å². The van der Waals surface area contributed by atoms with E-state index >= 15 is 0 Å². The van der Waals surface area contributed by atoms with Gasteiger partial charge in [-0.3, -0.25) is 0 Å². The summed E-state index contributed by atoms with van der Waals surface area (Å²) >= 11 is 5.92. The van der Waals surface area contributed by atoms with Crippen LogP contribution in [0.3, 0.4) is 0 Å². The maximum atomic E-state index is 12.1. The fourth-order valence-electron chi connectivity index (χ4n) is 2.09. The van der Waals surface area contributed by atoms with Gasteiger partial charge in [0.15, 0.2) is 6.10 Å². The molecule has 0 unspecified atom stereocenters. The summed E-state index contributed by atoms with van der Waals surface area (Å²) in [5.74, 6) is -0.660. The molecule has 0 radical (unpaired) electrons. The second kappa shape index (κ2) is 5.79. The molecule has 0 amide bonds. The van der Waals surface area contributed by atoms with Crippen LogP contribution in [0.1, 0.15) is 24.2 Å². The molecule has 1 heterocycles. The summed E-state index contributed by atoms with van der Waals surface area (Å²) in [6, 6.07) is 6.22. The van der Waals surface area contributed by atoms with Gasteiger partial charge in [0.05, 0.1) is 22.0 Å². The molecule has 1 atom stereocenters. The van der Waals surface area contributed by atoms with Crippen LogP contribution < -0.4 is 0 Å². The second-order valence-electron chi connectivity index (χ2n) is 5.01. The Morgan fingerprint density at radius 2 is 2.05 bits per heavy atom. The molecular weight excluding hydrogens is 314 g/mol. The van der Waals surface area contributed by atoms with E-state index in [1.165, 1.54) is 10.4 Å². The van der Waals surface area contributed by atoms with Crippen molar-refractivity contribution in [2.24, 2.45) is 0 Å². The third kappa shape index (κ3) is 2.97. The van der Waals surface area contributed by atoms with E-state index < -0.39 is 22.1 Å². The van der Waals surface area contributed by atoms with E-state index in [0.717, 1.165) is 0 Å². The lowest BCUT2D eigenvalue weighted by Gasteiger charge is -2.18. The van der Waals surface area contributed by atoms with Crippen molar-refractivity contribution in [3.05, 3.63) is 46.3 Å². The summed E-state index contributed by atoms with van der Waals surface area (Å²) < 4.78 is 30.8. The van der Waals surface area contributed by atoms with Crippen LogP contribution in [0.2, 0.25) is 5.02 Å². The van der Waals surface area contributed by atoms with Gasteiger partial charge >= 0.3 is 5.97 Å². The zero-order chi connectivity index (χ0) is 15.8. The zero-order valence-corrected chi connectivity index (χ0v) is 13.3. The highest BCUT2D eigenvalue weighted by Crippen LogP contribution is 2.29. The number of esters is 1. The van der Waals surface area contributed by atoms with Crippen molar-refractivity contribution < 1.29 is 17.9 Å². The van der Waals surface area contributed by atoms with Crippen molar-refractivity contribution in [2.45, 2.75) is 26.0 Å². The second-order valence-corrected chi connectivity index (χ2v) is 7.36. The number of carbonyl (C=O) groups is 1.